The SMILES string of the molecule is CC(=Cc1ccc(C(=O)O)cc1)c1cc2c(cc1C)SCCC2(C)C. The number of carbonyl (C=O) groups is 1. The van der Waals surface area contributed by atoms with Gasteiger partial charge in [0.25, 0.3) is 0 Å². The van der Waals surface area contributed by atoms with Crippen LogP contribution in [0, 0.1) is 6.92 Å². The Labute approximate surface area is 154 Å². The first-order valence-electron chi connectivity index (χ1n) is 8.58. The Morgan fingerprint density at radius 1 is 1.20 bits per heavy atom. The second-order valence-corrected chi connectivity index (χ2v) is 8.54. The molecule has 1 N–H and O–H groups in total. The number of aromatic carboxylic acids is 1. The molecule has 3 rings (SSSR count). The lowest BCUT2D eigenvalue weighted by Gasteiger charge is -2.33. The maximum absolute atomic E-state index is 11.0. The number of thioether (sulfide) groups is 1. The standard InChI is InChI=1S/C22H24O2S/c1-14(11-16-5-7-17(8-6-16)21(23)24)18-13-19-20(12-15(18)2)25-10-9-22(19,3)4/h5-8,11-13H,9-10H2,1-4H3,(H,23,24). The quantitative estimate of drug-likeness (QED) is 0.686. The second-order valence-electron chi connectivity index (χ2n) is 7.40. The number of hydrogen-bond donors (Lipinski definition) is 1. The molecule has 0 unspecified atom stereocenters. The highest BCUT2D eigenvalue weighted by atomic mass is 32.2. The summed E-state index contributed by atoms with van der Waals surface area (Å²) in [6.07, 6.45) is 3.33. The van der Waals surface area contributed by atoms with Crippen LogP contribution in [0.2, 0.25) is 0 Å². The van der Waals surface area contributed by atoms with E-state index in [0.29, 0.717) is 5.56 Å². The Hall–Kier alpha value is -2.00. The Morgan fingerprint density at radius 2 is 1.88 bits per heavy atom. The first-order chi connectivity index (χ1) is 11.8. The largest absolute Gasteiger partial charge is 0.478 e. The lowest BCUT2D eigenvalue weighted by Crippen LogP contribution is -2.23. The van der Waals surface area contributed by atoms with Gasteiger partial charge in [0, 0.05) is 4.90 Å². The van der Waals surface area contributed by atoms with Crippen LogP contribution >= 0.6 is 11.8 Å². The molecular weight excluding hydrogens is 328 g/mol. The van der Waals surface area contributed by atoms with E-state index in [0.717, 1.165) is 5.56 Å². The molecule has 3 heteroatoms. The first kappa shape index (κ1) is 17.8. The Kier molecular flexibility index (Phi) is 4.79. The third-order valence-corrected chi connectivity index (χ3v) is 6.06. The Morgan fingerprint density at radius 3 is 2.52 bits per heavy atom. The summed E-state index contributed by atoms with van der Waals surface area (Å²) in [4.78, 5) is 12.4. The van der Waals surface area contributed by atoms with Gasteiger partial charge in [-0.15, -0.1) is 11.8 Å². The van der Waals surface area contributed by atoms with Crippen molar-refractivity contribution in [2.75, 3.05) is 5.75 Å². The molecule has 0 fully saturated rings. The third kappa shape index (κ3) is 3.67. The highest BCUT2D eigenvalue weighted by Gasteiger charge is 2.28. The van der Waals surface area contributed by atoms with Crippen molar-refractivity contribution in [1.29, 1.82) is 0 Å². The Balaban J connectivity index is 1.99. The zero-order valence-electron chi connectivity index (χ0n) is 15.2. The molecule has 2 aromatic rings. The maximum Gasteiger partial charge on any atom is 0.335 e. The van der Waals surface area contributed by atoms with Gasteiger partial charge in [-0.25, -0.2) is 4.79 Å². The van der Waals surface area contributed by atoms with Gasteiger partial charge in [0.05, 0.1) is 5.56 Å². The van der Waals surface area contributed by atoms with E-state index in [1.165, 1.54) is 39.3 Å². The molecule has 0 atom stereocenters. The molecule has 0 radical (unpaired) electrons. The van der Waals surface area contributed by atoms with Gasteiger partial charge in [-0.2, -0.15) is 0 Å². The van der Waals surface area contributed by atoms with Crippen LogP contribution in [0.5, 0.6) is 0 Å². The molecule has 1 aliphatic heterocycles. The molecule has 2 aromatic carbocycles. The van der Waals surface area contributed by atoms with Crippen LogP contribution < -0.4 is 0 Å². The smallest absolute Gasteiger partial charge is 0.335 e. The molecule has 1 heterocycles. The molecule has 0 spiro atoms. The zero-order valence-corrected chi connectivity index (χ0v) is 16.0. The van der Waals surface area contributed by atoms with E-state index in [2.05, 4.69) is 45.9 Å². The summed E-state index contributed by atoms with van der Waals surface area (Å²) >= 11 is 1.96. The molecule has 0 saturated carbocycles. The van der Waals surface area contributed by atoms with Crippen molar-refractivity contribution in [2.45, 2.75) is 44.4 Å². The van der Waals surface area contributed by atoms with Crippen LogP contribution in [0.25, 0.3) is 11.6 Å². The van der Waals surface area contributed by atoms with Crippen LogP contribution in [0.15, 0.2) is 41.3 Å². The van der Waals surface area contributed by atoms with E-state index in [1.807, 2.05) is 23.9 Å². The topological polar surface area (TPSA) is 37.3 Å². The number of fused-ring (bicyclic) bond motifs is 1. The number of carboxylic acid groups (broad SMARTS) is 1. The highest BCUT2D eigenvalue weighted by Crippen LogP contribution is 2.43. The molecule has 0 aliphatic carbocycles. The van der Waals surface area contributed by atoms with E-state index in [-0.39, 0.29) is 5.41 Å². The normalized spacial score (nSPS) is 16.4. The summed E-state index contributed by atoms with van der Waals surface area (Å²) in [5, 5.41) is 9.02. The van der Waals surface area contributed by atoms with Gasteiger partial charge < -0.3 is 5.11 Å². The van der Waals surface area contributed by atoms with Crippen molar-refractivity contribution < 1.29 is 9.90 Å². The lowest BCUT2D eigenvalue weighted by molar-refractivity contribution is 0.0697. The Bertz CT molecular complexity index is 845. The van der Waals surface area contributed by atoms with Gasteiger partial charge in [0.1, 0.15) is 0 Å². The summed E-state index contributed by atoms with van der Waals surface area (Å²) in [7, 11) is 0. The van der Waals surface area contributed by atoms with E-state index < -0.39 is 5.97 Å². The van der Waals surface area contributed by atoms with Crippen molar-refractivity contribution in [3.8, 4) is 0 Å². The van der Waals surface area contributed by atoms with Crippen molar-refractivity contribution in [3.63, 3.8) is 0 Å². The summed E-state index contributed by atoms with van der Waals surface area (Å²) in [6, 6.07) is 11.7. The maximum atomic E-state index is 11.0. The van der Waals surface area contributed by atoms with Crippen LogP contribution in [0.3, 0.4) is 0 Å². The lowest BCUT2D eigenvalue weighted by atomic mass is 9.80. The molecule has 1 aliphatic rings. The first-order valence-corrected chi connectivity index (χ1v) is 9.56. The molecule has 25 heavy (non-hydrogen) atoms. The molecule has 0 bridgehead atoms. The average molecular weight is 352 g/mol. The van der Waals surface area contributed by atoms with Crippen molar-refractivity contribution in [1.82, 2.24) is 0 Å². The number of allylic oxidation sites excluding steroid dienone is 1. The number of rotatable bonds is 3. The minimum absolute atomic E-state index is 0.215. The summed E-state index contributed by atoms with van der Waals surface area (Å²) < 4.78 is 0. The number of aryl methyl sites for hydroxylation is 1. The van der Waals surface area contributed by atoms with Gasteiger partial charge in [0.15, 0.2) is 0 Å². The van der Waals surface area contributed by atoms with Gasteiger partial charge >= 0.3 is 5.97 Å². The van der Waals surface area contributed by atoms with Crippen molar-refractivity contribution in [2.24, 2.45) is 0 Å². The second kappa shape index (κ2) is 6.72. The van der Waals surface area contributed by atoms with E-state index in [9.17, 15) is 4.79 Å². The van der Waals surface area contributed by atoms with Crippen LogP contribution in [-0.2, 0) is 5.41 Å². The van der Waals surface area contributed by atoms with E-state index in [1.54, 1.807) is 12.1 Å². The van der Waals surface area contributed by atoms with Crippen LogP contribution in [-0.4, -0.2) is 16.8 Å². The highest BCUT2D eigenvalue weighted by molar-refractivity contribution is 7.99. The predicted molar refractivity (Wildman–Crippen MR) is 106 cm³/mol. The number of hydrogen-bond acceptors (Lipinski definition) is 2. The van der Waals surface area contributed by atoms with Crippen molar-refractivity contribution in [3.05, 3.63) is 64.2 Å². The minimum atomic E-state index is -0.891. The molecule has 2 nitrogen and oxygen atoms in total. The van der Waals surface area contributed by atoms with Crippen molar-refractivity contribution >= 4 is 29.4 Å². The summed E-state index contributed by atoms with van der Waals surface area (Å²) in [6.45, 7) is 8.95. The monoisotopic (exact) mass is 352 g/mol. The average Bonchev–Trinajstić information content (AvgIpc) is 2.54. The van der Waals surface area contributed by atoms with E-state index in [4.69, 9.17) is 5.11 Å². The zero-order chi connectivity index (χ0) is 18.2. The third-order valence-electron chi connectivity index (χ3n) is 5.01. The van der Waals surface area contributed by atoms with Crippen LogP contribution in [0.1, 0.15) is 59.8 Å². The molecule has 0 amide bonds. The fourth-order valence-corrected chi connectivity index (χ4v) is 4.94. The molecule has 0 aromatic heterocycles. The molecule has 130 valence electrons. The van der Waals surface area contributed by atoms with Gasteiger partial charge in [0.2, 0.25) is 0 Å². The minimum Gasteiger partial charge on any atom is -0.478 e. The van der Waals surface area contributed by atoms with Gasteiger partial charge in [-0.3, -0.25) is 0 Å². The summed E-state index contributed by atoms with van der Waals surface area (Å²) in [5.41, 5.74) is 6.77. The predicted octanol–water partition coefficient (Wildman–Crippen LogP) is 6.03. The number of benzene rings is 2. The summed E-state index contributed by atoms with van der Waals surface area (Å²) in [5.74, 6) is 0.293. The fraction of sp³-hybridized carbons (Fsp3) is 0.318. The van der Waals surface area contributed by atoms with Gasteiger partial charge in [-0.1, -0.05) is 32.1 Å². The van der Waals surface area contributed by atoms with Crippen LogP contribution in [0.4, 0.5) is 0 Å². The fourth-order valence-electron chi connectivity index (χ4n) is 3.36. The van der Waals surface area contributed by atoms with Gasteiger partial charge in [-0.05, 0) is 83.5 Å². The molecular formula is C22H24O2S. The number of carboxylic acids is 1. The molecule has 0 saturated heterocycles. The van der Waals surface area contributed by atoms with E-state index >= 15 is 0 Å².